The fourth-order valence-electron chi connectivity index (χ4n) is 2.70. The molecule has 2 atom stereocenters. The lowest BCUT2D eigenvalue weighted by Crippen LogP contribution is -2.50. The van der Waals surface area contributed by atoms with Crippen LogP contribution in [0.2, 0.25) is 0 Å². The number of carboxylic acid groups (broad SMARTS) is 1. The van der Waals surface area contributed by atoms with Crippen molar-refractivity contribution in [1.82, 2.24) is 4.90 Å². The summed E-state index contributed by atoms with van der Waals surface area (Å²) >= 11 is 0. The monoisotopic (exact) mass is 315 g/mol. The number of carbonyl (C=O) groups is 2. The van der Waals surface area contributed by atoms with E-state index in [1.807, 2.05) is 19.1 Å². The maximum atomic E-state index is 12.6. The van der Waals surface area contributed by atoms with Gasteiger partial charge in [-0.3, -0.25) is 9.59 Å². The van der Waals surface area contributed by atoms with Crippen LogP contribution in [0.4, 0.5) is 13.2 Å². The lowest BCUT2D eigenvalue weighted by molar-refractivity contribution is -0.188. The Kier molecular flexibility index (Phi) is 4.44. The van der Waals surface area contributed by atoms with Crippen molar-refractivity contribution >= 4 is 11.9 Å². The van der Waals surface area contributed by atoms with Crippen molar-refractivity contribution in [2.75, 3.05) is 13.1 Å². The van der Waals surface area contributed by atoms with E-state index < -0.39 is 36.4 Å². The number of rotatable bonds is 2. The third-order valence-electron chi connectivity index (χ3n) is 3.88. The number of nitrogens with zero attached hydrogens (tertiary/aromatic N) is 1. The van der Waals surface area contributed by atoms with E-state index in [2.05, 4.69) is 0 Å². The molecule has 1 heterocycles. The molecule has 0 spiro atoms. The molecular weight excluding hydrogens is 299 g/mol. The number of halogens is 3. The maximum Gasteiger partial charge on any atom is 0.471 e. The number of hydrogen-bond acceptors (Lipinski definition) is 2. The molecule has 22 heavy (non-hydrogen) atoms. The second-order valence-corrected chi connectivity index (χ2v) is 5.59. The van der Waals surface area contributed by atoms with Gasteiger partial charge in [-0.15, -0.1) is 0 Å². The second-order valence-electron chi connectivity index (χ2n) is 5.59. The average molecular weight is 315 g/mol. The van der Waals surface area contributed by atoms with Crippen LogP contribution in [0.3, 0.4) is 0 Å². The molecular formula is C15H16F3NO3. The Labute approximate surface area is 125 Å². The van der Waals surface area contributed by atoms with E-state index in [0.29, 0.717) is 4.90 Å². The second kappa shape index (κ2) is 5.98. The third kappa shape index (κ3) is 3.58. The van der Waals surface area contributed by atoms with Crippen molar-refractivity contribution in [2.24, 2.45) is 5.92 Å². The van der Waals surface area contributed by atoms with Gasteiger partial charge in [-0.1, -0.05) is 29.8 Å². The molecule has 1 N–H and O–H groups in total. The van der Waals surface area contributed by atoms with E-state index in [-0.39, 0.29) is 13.0 Å². The lowest BCUT2D eigenvalue weighted by Gasteiger charge is -2.36. The molecule has 120 valence electrons. The van der Waals surface area contributed by atoms with E-state index >= 15 is 0 Å². The molecule has 7 heteroatoms. The van der Waals surface area contributed by atoms with Crippen molar-refractivity contribution < 1.29 is 27.9 Å². The van der Waals surface area contributed by atoms with E-state index in [0.717, 1.165) is 11.1 Å². The van der Waals surface area contributed by atoms with E-state index in [4.69, 9.17) is 5.11 Å². The normalized spacial score (nSPS) is 22.5. The van der Waals surface area contributed by atoms with Crippen LogP contribution in [0.15, 0.2) is 24.3 Å². The van der Waals surface area contributed by atoms with Gasteiger partial charge >= 0.3 is 18.1 Å². The minimum Gasteiger partial charge on any atom is -0.481 e. The molecule has 1 aliphatic heterocycles. The van der Waals surface area contributed by atoms with Crippen molar-refractivity contribution in [3.8, 4) is 0 Å². The van der Waals surface area contributed by atoms with Gasteiger partial charge < -0.3 is 10.0 Å². The highest BCUT2D eigenvalue weighted by Crippen LogP contribution is 2.32. The van der Waals surface area contributed by atoms with E-state index in [1.54, 1.807) is 12.1 Å². The molecule has 4 nitrogen and oxygen atoms in total. The number of aryl methyl sites for hydroxylation is 1. The van der Waals surface area contributed by atoms with Crippen LogP contribution in [0.25, 0.3) is 0 Å². The molecule has 1 aromatic carbocycles. The van der Waals surface area contributed by atoms with Gasteiger partial charge in [0.25, 0.3) is 0 Å². The summed E-state index contributed by atoms with van der Waals surface area (Å²) in [5, 5.41) is 9.13. The first-order valence-corrected chi connectivity index (χ1v) is 6.84. The van der Waals surface area contributed by atoms with Gasteiger partial charge in [-0.05, 0) is 18.9 Å². The van der Waals surface area contributed by atoms with Crippen molar-refractivity contribution in [2.45, 2.75) is 25.4 Å². The molecule has 1 amide bonds. The van der Waals surface area contributed by atoms with Gasteiger partial charge in [0.15, 0.2) is 0 Å². The number of carbonyl (C=O) groups excluding carboxylic acids is 1. The molecule has 2 rings (SSSR count). The zero-order valence-corrected chi connectivity index (χ0v) is 11.9. The van der Waals surface area contributed by atoms with Gasteiger partial charge in [-0.25, -0.2) is 0 Å². The summed E-state index contributed by atoms with van der Waals surface area (Å²) in [7, 11) is 0. The van der Waals surface area contributed by atoms with Crippen LogP contribution in [-0.4, -0.2) is 41.1 Å². The summed E-state index contributed by atoms with van der Waals surface area (Å²) in [6, 6.07) is 7.16. The number of amides is 1. The minimum atomic E-state index is -4.99. The highest BCUT2D eigenvalue weighted by atomic mass is 19.4. The Hall–Kier alpha value is -2.05. The Morgan fingerprint density at radius 1 is 1.18 bits per heavy atom. The lowest BCUT2D eigenvalue weighted by atomic mass is 9.84. The first-order chi connectivity index (χ1) is 10.2. The van der Waals surface area contributed by atoms with Crippen LogP contribution < -0.4 is 0 Å². The fourth-order valence-corrected chi connectivity index (χ4v) is 2.70. The molecule has 0 aliphatic carbocycles. The fraction of sp³-hybridized carbons (Fsp3) is 0.467. The predicted octanol–water partition coefficient (Wildman–Crippen LogP) is 2.57. The van der Waals surface area contributed by atoms with Crippen LogP contribution >= 0.6 is 0 Å². The summed E-state index contributed by atoms with van der Waals surface area (Å²) in [4.78, 5) is 23.2. The number of aliphatic carboxylic acids is 1. The van der Waals surface area contributed by atoms with Crippen molar-refractivity contribution in [1.29, 1.82) is 0 Å². The Morgan fingerprint density at radius 2 is 1.77 bits per heavy atom. The van der Waals surface area contributed by atoms with Crippen LogP contribution in [0.1, 0.15) is 23.5 Å². The maximum absolute atomic E-state index is 12.6. The molecule has 1 aromatic rings. The van der Waals surface area contributed by atoms with E-state index in [9.17, 15) is 22.8 Å². The molecule has 0 bridgehead atoms. The molecule has 1 aliphatic rings. The summed E-state index contributed by atoms with van der Waals surface area (Å²) in [6.45, 7) is 1.35. The summed E-state index contributed by atoms with van der Waals surface area (Å²) in [5.41, 5.74) is 1.74. The summed E-state index contributed by atoms with van der Waals surface area (Å²) in [5.74, 6) is -4.57. The largest absolute Gasteiger partial charge is 0.481 e. The molecule has 1 saturated heterocycles. The van der Waals surface area contributed by atoms with Gasteiger partial charge in [-0.2, -0.15) is 13.2 Å². The minimum absolute atomic E-state index is 0.120. The molecule has 0 saturated carbocycles. The Morgan fingerprint density at radius 3 is 2.27 bits per heavy atom. The van der Waals surface area contributed by atoms with Gasteiger partial charge in [0.05, 0.1) is 5.92 Å². The Bertz CT molecular complexity index is 568. The number of carboxylic acids is 1. The first kappa shape index (κ1) is 16.3. The van der Waals surface area contributed by atoms with Crippen molar-refractivity contribution in [3.05, 3.63) is 35.4 Å². The zero-order valence-electron chi connectivity index (χ0n) is 11.9. The van der Waals surface area contributed by atoms with Crippen LogP contribution in [0, 0.1) is 12.8 Å². The molecule has 0 aromatic heterocycles. The number of alkyl halides is 3. The Balaban J connectivity index is 2.25. The average Bonchev–Trinajstić information content (AvgIpc) is 2.45. The highest BCUT2D eigenvalue weighted by molar-refractivity contribution is 5.83. The topological polar surface area (TPSA) is 57.6 Å². The van der Waals surface area contributed by atoms with Gasteiger partial charge in [0, 0.05) is 19.0 Å². The van der Waals surface area contributed by atoms with Crippen LogP contribution in [0.5, 0.6) is 0 Å². The SMILES string of the molecule is Cc1ccc(C2CC(C(=O)O)CN(C(=O)C(F)(F)F)C2)cc1. The number of likely N-dealkylation sites (tertiary alicyclic amines) is 1. The first-order valence-electron chi connectivity index (χ1n) is 6.84. The smallest absolute Gasteiger partial charge is 0.471 e. The van der Waals surface area contributed by atoms with Gasteiger partial charge in [0.2, 0.25) is 0 Å². The quantitative estimate of drug-likeness (QED) is 0.912. The number of hydrogen-bond donors (Lipinski definition) is 1. The number of piperidine rings is 1. The third-order valence-corrected chi connectivity index (χ3v) is 3.88. The predicted molar refractivity (Wildman–Crippen MR) is 72.3 cm³/mol. The molecule has 0 radical (unpaired) electrons. The van der Waals surface area contributed by atoms with Crippen LogP contribution in [-0.2, 0) is 9.59 Å². The standard InChI is InChI=1S/C15H16F3NO3/c1-9-2-4-10(5-3-9)11-6-12(13(20)21)8-19(7-11)14(22)15(16,17)18/h2-5,11-12H,6-8H2,1H3,(H,20,21). The number of benzene rings is 1. The summed E-state index contributed by atoms with van der Waals surface area (Å²) < 4.78 is 37.8. The zero-order chi connectivity index (χ0) is 16.5. The molecule has 1 fully saturated rings. The van der Waals surface area contributed by atoms with E-state index in [1.165, 1.54) is 0 Å². The summed E-state index contributed by atoms with van der Waals surface area (Å²) in [6.07, 6.45) is -4.77. The van der Waals surface area contributed by atoms with Crippen molar-refractivity contribution in [3.63, 3.8) is 0 Å². The molecule has 2 unspecified atom stereocenters. The van der Waals surface area contributed by atoms with Gasteiger partial charge in [0.1, 0.15) is 0 Å². The highest BCUT2D eigenvalue weighted by Gasteiger charge is 2.46.